The number of amides is 2. The number of likely N-dealkylation sites (tertiary alicyclic amines) is 1. The summed E-state index contributed by atoms with van der Waals surface area (Å²) in [4.78, 5) is 32.4. The molecule has 2 N–H and O–H groups in total. The monoisotopic (exact) mass is 389 g/mol. The first-order valence-corrected chi connectivity index (χ1v) is 9.68. The van der Waals surface area contributed by atoms with E-state index in [0.29, 0.717) is 18.0 Å². The molecule has 144 valence electrons. The number of nitrogens with zero attached hydrogens (tertiary/aromatic N) is 2. The van der Waals surface area contributed by atoms with Crippen LogP contribution in [-0.4, -0.2) is 56.4 Å². The Morgan fingerprint density at radius 2 is 2.04 bits per heavy atom. The number of aliphatic imine (C=N–C) groups is 1. The van der Waals surface area contributed by atoms with Gasteiger partial charge in [0.1, 0.15) is 5.75 Å². The maximum Gasteiger partial charge on any atom is 0.251 e. The molecule has 2 amide bonds. The SMILES string of the molecule is COc1ccccc1N1C(=O)[C@@H](C=NCC[NH+]2CCCCC2)C(=O)NC1=S. The van der Waals surface area contributed by atoms with Gasteiger partial charge in [0, 0.05) is 6.21 Å². The number of carbonyl (C=O) groups excluding carboxylic acids is 2. The third-order valence-electron chi connectivity index (χ3n) is 4.94. The van der Waals surface area contributed by atoms with Crippen molar-refractivity contribution in [3.63, 3.8) is 0 Å². The predicted octanol–water partition coefficient (Wildman–Crippen LogP) is 0.199. The molecule has 3 rings (SSSR count). The summed E-state index contributed by atoms with van der Waals surface area (Å²) < 4.78 is 5.32. The highest BCUT2D eigenvalue weighted by Crippen LogP contribution is 2.30. The van der Waals surface area contributed by atoms with Crippen LogP contribution in [0.5, 0.6) is 5.75 Å². The Bertz CT molecular complexity index is 746. The van der Waals surface area contributed by atoms with Crippen molar-refractivity contribution in [1.82, 2.24) is 5.32 Å². The molecule has 2 aliphatic heterocycles. The van der Waals surface area contributed by atoms with Gasteiger partial charge >= 0.3 is 0 Å². The highest BCUT2D eigenvalue weighted by Gasteiger charge is 2.39. The molecule has 0 radical (unpaired) electrons. The number of anilines is 1. The Morgan fingerprint density at radius 3 is 2.78 bits per heavy atom. The average Bonchev–Trinajstić information content (AvgIpc) is 2.68. The summed E-state index contributed by atoms with van der Waals surface area (Å²) in [6.45, 7) is 3.88. The molecule has 0 aliphatic carbocycles. The van der Waals surface area contributed by atoms with E-state index in [2.05, 4.69) is 10.3 Å². The van der Waals surface area contributed by atoms with E-state index < -0.39 is 17.7 Å². The average molecular weight is 390 g/mol. The number of benzene rings is 1. The van der Waals surface area contributed by atoms with Crippen molar-refractivity contribution in [2.45, 2.75) is 19.3 Å². The number of hydrogen-bond donors (Lipinski definition) is 2. The number of ether oxygens (including phenoxy) is 1. The number of rotatable bonds is 6. The number of thiocarbonyl (C=S) groups is 1. The Balaban J connectivity index is 1.69. The molecule has 2 heterocycles. The summed E-state index contributed by atoms with van der Waals surface area (Å²) >= 11 is 5.21. The molecular weight excluding hydrogens is 364 g/mol. The van der Waals surface area contributed by atoms with Crippen molar-refractivity contribution in [3.8, 4) is 5.75 Å². The lowest BCUT2D eigenvalue weighted by molar-refractivity contribution is -0.903. The van der Waals surface area contributed by atoms with Crippen LogP contribution in [0.15, 0.2) is 29.3 Å². The Morgan fingerprint density at radius 1 is 1.30 bits per heavy atom. The van der Waals surface area contributed by atoms with Crippen LogP contribution in [0.3, 0.4) is 0 Å². The second-order valence-electron chi connectivity index (χ2n) is 6.73. The lowest BCUT2D eigenvalue weighted by atomic mass is 10.1. The molecule has 0 saturated carbocycles. The molecule has 0 unspecified atom stereocenters. The minimum absolute atomic E-state index is 0.0527. The fraction of sp³-hybridized carbons (Fsp3) is 0.474. The lowest BCUT2D eigenvalue weighted by Crippen LogP contribution is -3.13. The van der Waals surface area contributed by atoms with E-state index in [1.807, 2.05) is 0 Å². The third-order valence-corrected chi connectivity index (χ3v) is 5.22. The minimum Gasteiger partial charge on any atom is -0.495 e. The number of quaternary nitrogens is 1. The van der Waals surface area contributed by atoms with Gasteiger partial charge in [0.25, 0.3) is 5.91 Å². The topological polar surface area (TPSA) is 75.4 Å². The van der Waals surface area contributed by atoms with Crippen molar-refractivity contribution in [2.24, 2.45) is 10.9 Å². The Kier molecular flexibility index (Phi) is 6.52. The highest BCUT2D eigenvalue weighted by atomic mass is 32.1. The van der Waals surface area contributed by atoms with Gasteiger partial charge < -0.3 is 15.0 Å². The first-order valence-electron chi connectivity index (χ1n) is 9.27. The molecule has 0 bridgehead atoms. The molecule has 1 aromatic rings. The zero-order valence-corrected chi connectivity index (χ0v) is 16.3. The van der Waals surface area contributed by atoms with Crippen LogP contribution in [0.1, 0.15) is 19.3 Å². The van der Waals surface area contributed by atoms with E-state index >= 15 is 0 Å². The van der Waals surface area contributed by atoms with Crippen LogP contribution in [0.25, 0.3) is 0 Å². The summed E-state index contributed by atoms with van der Waals surface area (Å²) in [5, 5.41) is 2.65. The molecule has 8 heteroatoms. The molecule has 27 heavy (non-hydrogen) atoms. The number of piperidine rings is 1. The fourth-order valence-corrected chi connectivity index (χ4v) is 3.76. The lowest BCUT2D eigenvalue weighted by Gasteiger charge is -2.31. The predicted molar refractivity (Wildman–Crippen MR) is 107 cm³/mol. The van der Waals surface area contributed by atoms with Gasteiger partial charge in [-0.1, -0.05) is 12.1 Å². The molecule has 2 aliphatic rings. The summed E-state index contributed by atoms with van der Waals surface area (Å²) in [6.07, 6.45) is 5.27. The second kappa shape index (κ2) is 9.05. The number of nitrogens with one attached hydrogen (secondary N) is 2. The molecule has 7 nitrogen and oxygen atoms in total. The largest absolute Gasteiger partial charge is 0.495 e. The molecule has 0 aromatic heterocycles. The van der Waals surface area contributed by atoms with Gasteiger partial charge in [-0.05, 0) is 43.6 Å². The van der Waals surface area contributed by atoms with Gasteiger partial charge in [-0.15, -0.1) is 0 Å². The van der Waals surface area contributed by atoms with Gasteiger partial charge in [0.05, 0.1) is 39.0 Å². The minimum atomic E-state index is -0.988. The maximum atomic E-state index is 12.9. The van der Waals surface area contributed by atoms with Crippen molar-refractivity contribution in [1.29, 1.82) is 0 Å². The molecule has 1 atom stereocenters. The second-order valence-corrected chi connectivity index (χ2v) is 7.12. The molecule has 1 aromatic carbocycles. The first-order chi connectivity index (χ1) is 13.1. The van der Waals surface area contributed by atoms with Crippen LogP contribution in [0.4, 0.5) is 5.69 Å². The molecule has 0 spiro atoms. The zero-order chi connectivity index (χ0) is 19.2. The van der Waals surface area contributed by atoms with Crippen LogP contribution in [0, 0.1) is 5.92 Å². The number of carbonyl (C=O) groups is 2. The van der Waals surface area contributed by atoms with Crippen molar-refractivity contribution in [3.05, 3.63) is 24.3 Å². The Labute approximate surface area is 164 Å². The summed E-state index contributed by atoms with van der Waals surface area (Å²) in [7, 11) is 1.52. The van der Waals surface area contributed by atoms with Crippen LogP contribution in [0.2, 0.25) is 0 Å². The van der Waals surface area contributed by atoms with E-state index in [1.165, 1.54) is 55.5 Å². The summed E-state index contributed by atoms with van der Waals surface area (Å²) in [5.74, 6) is -1.33. The fourth-order valence-electron chi connectivity index (χ4n) is 3.47. The van der Waals surface area contributed by atoms with Crippen LogP contribution in [-0.2, 0) is 9.59 Å². The number of methoxy groups -OCH3 is 1. The maximum absolute atomic E-state index is 12.9. The van der Waals surface area contributed by atoms with E-state index in [4.69, 9.17) is 17.0 Å². The smallest absolute Gasteiger partial charge is 0.251 e. The van der Waals surface area contributed by atoms with Gasteiger partial charge in [0.2, 0.25) is 5.91 Å². The molecule has 2 fully saturated rings. The van der Waals surface area contributed by atoms with Crippen LogP contribution >= 0.6 is 12.2 Å². The zero-order valence-electron chi connectivity index (χ0n) is 15.4. The number of para-hydroxylation sites is 2. The normalized spacial score (nSPS) is 21.6. The Hall–Kier alpha value is -2.32. The van der Waals surface area contributed by atoms with Gasteiger partial charge in [-0.2, -0.15) is 0 Å². The van der Waals surface area contributed by atoms with Crippen molar-refractivity contribution in [2.75, 3.05) is 38.2 Å². The highest BCUT2D eigenvalue weighted by molar-refractivity contribution is 7.80. The first kappa shape index (κ1) is 19.4. The standard InChI is InChI=1S/C19H24N4O3S/c1-26-16-8-4-3-7-15(16)23-18(25)14(17(24)21-19(23)27)13-20-9-12-22-10-5-2-6-11-22/h3-4,7-8,13-14H,2,5-6,9-12H2,1H3,(H,21,24,27)/p+1/t14-/m0/s1. The van der Waals surface area contributed by atoms with E-state index in [9.17, 15) is 9.59 Å². The summed E-state index contributed by atoms with van der Waals surface area (Å²) in [6, 6.07) is 7.06. The van der Waals surface area contributed by atoms with Crippen molar-refractivity contribution >= 4 is 41.0 Å². The van der Waals surface area contributed by atoms with Crippen molar-refractivity contribution < 1.29 is 19.2 Å². The van der Waals surface area contributed by atoms with E-state index in [0.717, 1.165) is 6.54 Å². The van der Waals surface area contributed by atoms with Gasteiger partial charge in [0.15, 0.2) is 11.0 Å². The third kappa shape index (κ3) is 4.51. The van der Waals surface area contributed by atoms with Crippen LogP contribution < -0.4 is 19.9 Å². The number of hydrogen-bond acceptors (Lipinski definition) is 5. The summed E-state index contributed by atoms with van der Waals surface area (Å²) in [5.41, 5.74) is 0.506. The van der Waals surface area contributed by atoms with E-state index in [1.54, 1.807) is 24.3 Å². The van der Waals surface area contributed by atoms with Gasteiger partial charge in [-0.25, -0.2) is 0 Å². The van der Waals surface area contributed by atoms with E-state index in [-0.39, 0.29) is 5.11 Å². The quantitative estimate of drug-likeness (QED) is 0.414. The van der Waals surface area contributed by atoms with Gasteiger partial charge in [-0.3, -0.25) is 19.5 Å². The molecular formula is C19H25N4O3S+. The molecule has 2 saturated heterocycles.